The molecule has 2 aliphatic rings. The number of halogens is 1. The zero-order chi connectivity index (χ0) is 21.5. The molecule has 158 valence electrons. The van der Waals surface area contributed by atoms with Crippen LogP contribution in [0.25, 0.3) is 0 Å². The zero-order valence-corrected chi connectivity index (χ0v) is 20.3. The van der Waals surface area contributed by atoms with E-state index in [0.29, 0.717) is 18.8 Å². The lowest BCUT2D eigenvalue weighted by molar-refractivity contribution is 0.0717. The highest BCUT2D eigenvalue weighted by atomic mass is 79.9. The molecular weight excluding hydrogens is 460 g/mol. The molecule has 0 bridgehead atoms. The Hall–Kier alpha value is -1.95. The van der Waals surface area contributed by atoms with Gasteiger partial charge in [-0.15, -0.1) is 0 Å². The minimum Gasteiger partial charge on any atom is -0.360 e. The van der Waals surface area contributed by atoms with Gasteiger partial charge in [0.15, 0.2) is 6.04 Å². The van der Waals surface area contributed by atoms with Crippen molar-refractivity contribution in [3.63, 3.8) is 0 Å². The summed E-state index contributed by atoms with van der Waals surface area (Å²) in [5, 5.41) is 14.8. The summed E-state index contributed by atoms with van der Waals surface area (Å²) in [5.41, 5.74) is 4.62. The molecule has 2 heterocycles. The van der Waals surface area contributed by atoms with E-state index in [2.05, 4.69) is 41.6 Å². The largest absolute Gasteiger partial charge is 0.360 e. The molecule has 1 aliphatic heterocycles. The van der Waals surface area contributed by atoms with Crippen molar-refractivity contribution in [2.45, 2.75) is 64.3 Å². The quantitative estimate of drug-likeness (QED) is 0.421. The van der Waals surface area contributed by atoms with Crippen molar-refractivity contribution >= 4 is 29.9 Å². The van der Waals surface area contributed by atoms with Crippen LogP contribution in [0.2, 0.25) is 25.7 Å². The Labute approximate surface area is 187 Å². The summed E-state index contributed by atoms with van der Waals surface area (Å²) in [5.74, 6) is -0.106. The second-order valence-corrected chi connectivity index (χ2v) is 15.8. The van der Waals surface area contributed by atoms with Gasteiger partial charge in [-0.3, -0.25) is 4.79 Å². The molecule has 1 atom stereocenters. The standard InChI is InChI=1S/C22H27BrN4O2Si/c1-30(2,3)10-9-29-14-27-19-6-4-5-17(19)21(25-27)20(12-24)26-13-15-7-8-16(23)11-18(15)22(26)28/h7-8,11,20H,4-6,9-10,13-14H2,1-3H3. The summed E-state index contributed by atoms with van der Waals surface area (Å²) in [6.45, 7) is 8.58. The smallest absolute Gasteiger partial charge is 0.255 e. The van der Waals surface area contributed by atoms with Crippen molar-refractivity contribution in [3.05, 3.63) is 50.8 Å². The average molecular weight is 487 g/mol. The number of nitrogens with zero attached hydrogens (tertiary/aromatic N) is 4. The Kier molecular flexibility index (Phi) is 5.88. The molecule has 1 aromatic carbocycles. The van der Waals surface area contributed by atoms with Crippen LogP contribution < -0.4 is 0 Å². The van der Waals surface area contributed by atoms with Crippen LogP contribution in [0, 0.1) is 11.3 Å². The van der Waals surface area contributed by atoms with Crippen molar-refractivity contribution in [2.75, 3.05) is 6.61 Å². The predicted octanol–water partition coefficient (Wildman–Crippen LogP) is 4.67. The van der Waals surface area contributed by atoms with Crippen LogP contribution in [-0.4, -0.2) is 35.3 Å². The molecule has 4 rings (SSSR count). The van der Waals surface area contributed by atoms with Crippen LogP contribution in [-0.2, 0) is 30.9 Å². The van der Waals surface area contributed by atoms with Gasteiger partial charge in [0.2, 0.25) is 0 Å². The molecule has 1 aromatic heterocycles. The lowest BCUT2D eigenvalue weighted by Crippen LogP contribution is -2.29. The van der Waals surface area contributed by atoms with Gasteiger partial charge in [0.1, 0.15) is 12.4 Å². The minimum absolute atomic E-state index is 0.106. The van der Waals surface area contributed by atoms with Crippen molar-refractivity contribution in [1.82, 2.24) is 14.7 Å². The number of carbonyl (C=O) groups is 1. The van der Waals surface area contributed by atoms with Crippen molar-refractivity contribution < 1.29 is 9.53 Å². The molecular formula is C22H27BrN4O2Si. The summed E-state index contributed by atoms with van der Waals surface area (Å²) in [4.78, 5) is 14.7. The lowest BCUT2D eigenvalue weighted by atomic mass is 10.1. The molecule has 2 aromatic rings. The molecule has 0 saturated heterocycles. The van der Waals surface area contributed by atoms with Crippen LogP contribution in [0.1, 0.15) is 45.3 Å². The van der Waals surface area contributed by atoms with Crippen LogP contribution in [0.3, 0.4) is 0 Å². The molecule has 0 radical (unpaired) electrons. The zero-order valence-electron chi connectivity index (χ0n) is 17.7. The molecule has 1 unspecified atom stereocenters. The third-order valence-electron chi connectivity index (χ3n) is 5.84. The van der Waals surface area contributed by atoms with E-state index in [-0.39, 0.29) is 5.91 Å². The first-order valence-electron chi connectivity index (χ1n) is 10.4. The van der Waals surface area contributed by atoms with E-state index in [0.717, 1.165) is 58.9 Å². The minimum atomic E-state index is -1.14. The second-order valence-electron chi connectivity index (χ2n) is 9.28. The number of hydrogen-bond acceptors (Lipinski definition) is 4. The van der Waals surface area contributed by atoms with Crippen LogP contribution >= 0.6 is 15.9 Å². The van der Waals surface area contributed by atoms with Crippen molar-refractivity contribution in [2.24, 2.45) is 0 Å². The Bertz CT molecular complexity index is 1020. The molecule has 1 aliphatic carbocycles. The first-order chi connectivity index (χ1) is 14.3. The summed E-state index contributed by atoms with van der Waals surface area (Å²) in [6, 6.07) is 8.49. The third-order valence-corrected chi connectivity index (χ3v) is 8.04. The number of aromatic nitrogens is 2. The SMILES string of the molecule is C[Si](C)(C)CCOCn1nc(C(C#N)N2Cc3ccc(Br)cc3C2=O)c2c1CCC2. The predicted molar refractivity (Wildman–Crippen MR) is 121 cm³/mol. The topological polar surface area (TPSA) is 71.2 Å². The normalized spacial score (nSPS) is 16.5. The van der Waals surface area contributed by atoms with Crippen molar-refractivity contribution in [3.8, 4) is 6.07 Å². The number of rotatable bonds is 7. The summed E-state index contributed by atoms with van der Waals surface area (Å²) in [7, 11) is -1.14. The lowest BCUT2D eigenvalue weighted by Gasteiger charge is -2.21. The maximum absolute atomic E-state index is 13.0. The third kappa shape index (κ3) is 4.11. The molecule has 0 saturated carbocycles. The summed E-state index contributed by atoms with van der Waals surface area (Å²) in [6.07, 6.45) is 2.89. The molecule has 0 spiro atoms. The maximum Gasteiger partial charge on any atom is 0.255 e. The van der Waals surface area contributed by atoms with Gasteiger partial charge in [0.25, 0.3) is 5.91 Å². The first kappa shape index (κ1) is 21.3. The van der Waals surface area contributed by atoms with Gasteiger partial charge >= 0.3 is 0 Å². The molecule has 1 amide bonds. The fraction of sp³-hybridized carbons (Fsp3) is 0.500. The van der Waals surface area contributed by atoms with E-state index < -0.39 is 14.1 Å². The van der Waals surface area contributed by atoms with E-state index in [4.69, 9.17) is 9.84 Å². The Morgan fingerprint density at radius 1 is 1.33 bits per heavy atom. The van der Waals surface area contributed by atoms with Crippen LogP contribution in [0.15, 0.2) is 22.7 Å². The van der Waals surface area contributed by atoms with Gasteiger partial charge in [-0.05, 0) is 48.6 Å². The summed E-state index contributed by atoms with van der Waals surface area (Å²) < 4.78 is 8.70. The maximum atomic E-state index is 13.0. The Morgan fingerprint density at radius 3 is 2.87 bits per heavy atom. The number of ether oxygens (including phenoxy) is 1. The first-order valence-corrected chi connectivity index (χ1v) is 14.9. The molecule has 0 fully saturated rings. The average Bonchev–Trinajstić information content (AvgIpc) is 3.36. The Balaban J connectivity index is 1.56. The van der Waals surface area contributed by atoms with E-state index in [1.54, 1.807) is 4.90 Å². The number of hydrogen-bond donors (Lipinski definition) is 0. The number of nitriles is 1. The van der Waals surface area contributed by atoms with Crippen molar-refractivity contribution in [1.29, 1.82) is 5.26 Å². The fourth-order valence-electron chi connectivity index (χ4n) is 4.18. The second kappa shape index (κ2) is 8.29. The monoisotopic (exact) mass is 486 g/mol. The molecule has 8 heteroatoms. The highest BCUT2D eigenvalue weighted by molar-refractivity contribution is 9.10. The number of carbonyl (C=O) groups excluding carboxylic acids is 1. The van der Waals surface area contributed by atoms with Gasteiger partial charge in [0.05, 0.1) is 6.07 Å². The van der Waals surface area contributed by atoms with Gasteiger partial charge in [0, 0.05) is 37.0 Å². The number of amides is 1. The van der Waals surface area contributed by atoms with Gasteiger partial charge in [-0.25, -0.2) is 4.68 Å². The van der Waals surface area contributed by atoms with E-state index in [9.17, 15) is 10.1 Å². The Morgan fingerprint density at radius 2 is 2.13 bits per heavy atom. The number of fused-ring (bicyclic) bond motifs is 2. The van der Waals surface area contributed by atoms with E-state index in [1.807, 2.05) is 22.9 Å². The highest BCUT2D eigenvalue weighted by Crippen LogP contribution is 2.36. The number of benzene rings is 1. The van der Waals surface area contributed by atoms with Crippen LogP contribution in [0.4, 0.5) is 0 Å². The van der Waals surface area contributed by atoms with Crippen LogP contribution in [0.5, 0.6) is 0 Å². The van der Waals surface area contributed by atoms with Gasteiger partial charge in [-0.2, -0.15) is 10.4 Å². The van der Waals surface area contributed by atoms with Gasteiger partial charge in [-0.1, -0.05) is 41.6 Å². The van der Waals surface area contributed by atoms with Gasteiger partial charge < -0.3 is 9.64 Å². The highest BCUT2D eigenvalue weighted by Gasteiger charge is 2.37. The fourth-order valence-corrected chi connectivity index (χ4v) is 5.30. The summed E-state index contributed by atoms with van der Waals surface area (Å²) >= 11 is 3.43. The van der Waals surface area contributed by atoms with E-state index in [1.165, 1.54) is 0 Å². The molecule has 6 nitrogen and oxygen atoms in total. The van der Waals surface area contributed by atoms with E-state index >= 15 is 0 Å². The molecule has 30 heavy (non-hydrogen) atoms. The molecule has 0 N–H and O–H groups in total.